The summed E-state index contributed by atoms with van der Waals surface area (Å²) >= 11 is 0. The predicted octanol–water partition coefficient (Wildman–Crippen LogP) is 4.14. The van der Waals surface area contributed by atoms with E-state index in [1.54, 1.807) is 12.3 Å². The molecule has 0 atom stereocenters. The van der Waals surface area contributed by atoms with Crippen LogP contribution in [0, 0.1) is 0 Å². The highest BCUT2D eigenvalue weighted by Crippen LogP contribution is 2.35. The minimum atomic E-state index is -3.48. The summed E-state index contributed by atoms with van der Waals surface area (Å²) in [5.74, 6) is 1.45. The highest BCUT2D eigenvalue weighted by atomic mass is 32.2. The van der Waals surface area contributed by atoms with Crippen LogP contribution in [0.1, 0.15) is 64.3 Å². The van der Waals surface area contributed by atoms with Gasteiger partial charge in [-0.2, -0.15) is 14.3 Å². The van der Waals surface area contributed by atoms with E-state index in [0.717, 1.165) is 72.8 Å². The van der Waals surface area contributed by atoms with Crippen molar-refractivity contribution in [2.24, 2.45) is 0 Å². The van der Waals surface area contributed by atoms with Gasteiger partial charge in [0.1, 0.15) is 11.6 Å². The van der Waals surface area contributed by atoms with Crippen LogP contribution in [0.4, 0.5) is 17.3 Å². The largest absolute Gasteiger partial charge is 0.390 e. The van der Waals surface area contributed by atoms with Crippen LogP contribution in [0.5, 0.6) is 0 Å². The van der Waals surface area contributed by atoms with Crippen molar-refractivity contribution >= 4 is 27.3 Å². The smallest absolute Gasteiger partial charge is 0.256 e. The van der Waals surface area contributed by atoms with Gasteiger partial charge >= 0.3 is 0 Å². The quantitative estimate of drug-likeness (QED) is 0.247. The Morgan fingerprint density at radius 2 is 1.82 bits per heavy atom. The van der Waals surface area contributed by atoms with Crippen LogP contribution in [0.2, 0.25) is 0 Å². The minimum absolute atomic E-state index is 0.205. The van der Waals surface area contributed by atoms with Gasteiger partial charge in [0, 0.05) is 55.2 Å². The Hall–Kier alpha value is -3.88. The van der Waals surface area contributed by atoms with E-state index in [9.17, 15) is 13.5 Å². The maximum Gasteiger partial charge on any atom is 0.256 e. The van der Waals surface area contributed by atoms with E-state index < -0.39 is 15.6 Å². The third kappa shape index (κ3) is 6.19. The summed E-state index contributed by atoms with van der Waals surface area (Å²) in [6, 6.07) is 6.23. The van der Waals surface area contributed by atoms with Crippen LogP contribution in [0.25, 0.3) is 22.6 Å². The van der Waals surface area contributed by atoms with Crippen LogP contribution in [-0.2, 0) is 14.8 Å². The molecule has 7 rings (SSSR count). The number of ether oxygens (including phenoxy) is 1. The highest BCUT2D eigenvalue weighted by molar-refractivity contribution is 7.90. The normalized spacial score (nSPS) is 23.0. The van der Waals surface area contributed by atoms with Crippen molar-refractivity contribution in [3.63, 3.8) is 0 Å². The molecule has 2 saturated carbocycles. The molecule has 0 spiro atoms. The van der Waals surface area contributed by atoms with Gasteiger partial charge in [0.2, 0.25) is 0 Å². The van der Waals surface area contributed by atoms with E-state index >= 15 is 0 Å². The number of anilines is 3. The zero-order valence-corrected chi connectivity index (χ0v) is 25.4. The van der Waals surface area contributed by atoms with Gasteiger partial charge in [-0.15, -0.1) is 0 Å². The number of nitrogens with one attached hydrogen (secondary N) is 2. The van der Waals surface area contributed by atoms with Gasteiger partial charge in [-0.1, -0.05) is 0 Å². The Kier molecular flexibility index (Phi) is 7.58. The molecule has 3 N–H and O–H groups in total. The molecule has 4 aromatic heterocycles. The van der Waals surface area contributed by atoms with Crippen molar-refractivity contribution in [2.45, 2.75) is 81.2 Å². The number of aliphatic hydroxyl groups is 1. The fraction of sp³-hybridized carbons (Fsp3) is 0.500. The summed E-state index contributed by atoms with van der Waals surface area (Å²) in [5.41, 5.74) is 2.51. The summed E-state index contributed by atoms with van der Waals surface area (Å²) in [7, 11) is -3.48. The van der Waals surface area contributed by atoms with E-state index in [2.05, 4.69) is 25.7 Å². The molecule has 2 aliphatic carbocycles. The summed E-state index contributed by atoms with van der Waals surface area (Å²) < 4.78 is 33.7. The van der Waals surface area contributed by atoms with Gasteiger partial charge in [-0.3, -0.25) is 4.68 Å². The van der Waals surface area contributed by atoms with Gasteiger partial charge in [0.15, 0.2) is 5.82 Å². The van der Waals surface area contributed by atoms with Crippen LogP contribution in [-0.4, -0.2) is 77.5 Å². The molecule has 0 amide bonds. The molecule has 1 aliphatic heterocycles. The number of aromatic nitrogens is 7. The lowest BCUT2D eigenvalue weighted by atomic mass is 9.83. The van der Waals surface area contributed by atoms with Gasteiger partial charge in [-0.05, 0) is 70.4 Å². The molecule has 1 saturated heterocycles. The first-order chi connectivity index (χ1) is 21.2. The summed E-state index contributed by atoms with van der Waals surface area (Å²) in [5, 5.41) is 26.1. The Balaban J connectivity index is 1.14. The summed E-state index contributed by atoms with van der Waals surface area (Å²) in [6.07, 6.45) is 14.8. The summed E-state index contributed by atoms with van der Waals surface area (Å²) in [4.78, 5) is 13.6. The second-order valence-electron chi connectivity index (χ2n) is 12.3. The number of nitrogens with zero attached hydrogens (tertiary/aromatic N) is 7. The van der Waals surface area contributed by atoms with E-state index in [0.29, 0.717) is 41.9 Å². The van der Waals surface area contributed by atoms with Gasteiger partial charge in [0.05, 0.1) is 40.5 Å². The van der Waals surface area contributed by atoms with Gasteiger partial charge in [0.25, 0.3) is 10.0 Å². The van der Waals surface area contributed by atoms with Crippen molar-refractivity contribution in [3.8, 4) is 22.6 Å². The molecule has 44 heavy (non-hydrogen) atoms. The van der Waals surface area contributed by atoms with Crippen LogP contribution in [0.3, 0.4) is 0 Å². The zero-order chi connectivity index (χ0) is 30.3. The predicted molar refractivity (Wildman–Crippen MR) is 165 cm³/mol. The van der Waals surface area contributed by atoms with Crippen molar-refractivity contribution in [2.75, 3.05) is 23.8 Å². The first-order valence-corrected chi connectivity index (χ1v) is 16.8. The second-order valence-corrected chi connectivity index (χ2v) is 14.4. The zero-order valence-electron chi connectivity index (χ0n) is 24.6. The molecular formula is C30H37N9O4S. The third-order valence-corrected chi connectivity index (χ3v) is 10.7. The van der Waals surface area contributed by atoms with Crippen LogP contribution < -0.4 is 10.6 Å². The number of rotatable bonds is 9. The van der Waals surface area contributed by atoms with Crippen molar-refractivity contribution in [1.82, 2.24) is 33.9 Å². The molecular weight excluding hydrogens is 582 g/mol. The monoisotopic (exact) mass is 619 g/mol. The molecule has 5 heterocycles. The Labute approximate surface area is 256 Å². The first kappa shape index (κ1) is 28.9. The minimum Gasteiger partial charge on any atom is -0.390 e. The average Bonchev–Trinajstić information content (AvgIpc) is 3.57. The Bertz CT molecular complexity index is 1730. The van der Waals surface area contributed by atoms with Gasteiger partial charge in [-0.25, -0.2) is 23.4 Å². The molecule has 14 heteroatoms. The number of pyridine rings is 1. The third-order valence-electron chi connectivity index (χ3n) is 8.71. The van der Waals surface area contributed by atoms with Crippen molar-refractivity contribution in [1.29, 1.82) is 0 Å². The van der Waals surface area contributed by atoms with Gasteiger partial charge < -0.3 is 20.5 Å². The Morgan fingerprint density at radius 1 is 1.02 bits per heavy atom. The lowest BCUT2D eigenvalue weighted by molar-refractivity contribution is 0.0196. The van der Waals surface area contributed by atoms with Crippen LogP contribution in [0.15, 0.2) is 49.2 Å². The lowest BCUT2D eigenvalue weighted by Crippen LogP contribution is -2.35. The van der Waals surface area contributed by atoms with Crippen molar-refractivity contribution in [3.05, 3.63) is 49.2 Å². The average molecular weight is 620 g/mol. The van der Waals surface area contributed by atoms with E-state index in [1.165, 1.54) is 12.4 Å². The Morgan fingerprint density at radius 3 is 2.59 bits per heavy atom. The first-order valence-electron chi connectivity index (χ1n) is 15.3. The fourth-order valence-corrected chi connectivity index (χ4v) is 7.34. The topological polar surface area (TPSA) is 162 Å². The SMILES string of the molecule is CC1(O)CCC(Nc2cc(Nc3ccnc(-c4cnn(S(=O)(=O)C5CC5)c4)n3)ncc2-c2ccn(C3CCOCC3)n2)CC1. The number of hydrogen-bond acceptors (Lipinski definition) is 11. The standard InChI is InChI=1S/C30H37N9O4S/c1-30(40)10-4-21(5-11-30)34-26-16-28(32-18-24(26)25-7-13-38(37-25)22-8-14-43-15-9-22)35-27-6-12-31-29(36-27)20-17-33-39(19-20)44(41,42)23-2-3-23/h6-7,12-13,16-19,21-23,40H,2-5,8-11,14-15H2,1H3,(H2,31,32,34,35,36). The molecule has 13 nitrogen and oxygen atoms in total. The molecule has 3 fully saturated rings. The van der Waals surface area contributed by atoms with Crippen molar-refractivity contribution < 1.29 is 18.3 Å². The van der Waals surface area contributed by atoms with E-state index in [1.807, 2.05) is 36.1 Å². The van der Waals surface area contributed by atoms with Crippen LogP contribution >= 0.6 is 0 Å². The molecule has 4 aromatic rings. The highest BCUT2D eigenvalue weighted by Gasteiger charge is 2.37. The molecule has 232 valence electrons. The number of hydrogen-bond donors (Lipinski definition) is 3. The molecule has 0 bridgehead atoms. The summed E-state index contributed by atoms with van der Waals surface area (Å²) in [6.45, 7) is 3.39. The molecule has 3 aliphatic rings. The molecule has 0 aromatic carbocycles. The molecule has 0 radical (unpaired) electrons. The van der Waals surface area contributed by atoms with E-state index in [4.69, 9.17) is 14.8 Å². The second kappa shape index (κ2) is 11.6. The fourth-order valence-electron chi connectivity index (χ4n) is 5.86. The lowest BCUT2D eigenvalue weighted by Gasteiger charge is -2.34. The maximum atomic E-state index is 12.6. The molecule has 0 unspecified atom stereocenters. The maximum absolute atomic E-state index is 12.6. The van der Waals surface area contributed by atoms with E-state index in [-0.39, 0.29) is 11.3 Å².